The minimum absolute atomic E-state index is 0.355. The Kier molecular flexibility index (Phi) is 4.63. The van der Waals surface area contributed by atoms with Crippen molar-refractivity contribution in [3.05, 3.63) is 29.8 Å². The molecule has 0 spiro atoms. The van der Waals surface area contributed by atoms with Gasteiger partial charge in [-0.1, -0.05) is 32.0 Å². The number of para-hydroxylation sites is 1. The highest BCUT2D eigenvalue weighted by atomic mass is 16.5. The van der Waals surface area contributed by atoms with Gasteiger partial charge >= 0.3 is 0 Å². The zero-order chi connectivity index (χ0) is 11.3. The Bertz CT molecular complexity index is 294. The topological polar surface area (TPSA) is 29.5 Å². The highest BCUT2D eigenvalue weighted by molar-refractivity contribution is 5.35. The number of rotatable bonds is 5. The van der Waals surface area contributed by atoms with Gasteiger partial charge in [0.2, 0.25) is 0 Å². The van der Waals surface area contributed by atoms with E-state index in [-0.39, 0.29) is 0 Å². The molecule has 0 aromatic heterocycles. The van der Waals surface area contributed by atoms with Gasteiger partial charge in [-0.05, 0) is 30.9 Å². The van der Waals surface area contributed by atoms with Gasteiger partial charge in [0.15, 0.2) is 0 Å². The Balaban J connectivity index is 2.77. The van der Waals surface area contributed by atoms with Crippen molar-refractivity contribution in [2.45, 2.75) is 39.2 Å². The molecule has 0 fully saturated rings. The molecule has 15 heavy (non-hydrogen) atoms. The van der Waals surface area contributed by atoms with Gasteiger partial charge in [-0.15, -0.1) is 0 Å². The molecule has 0 aliphatic heterocycles. The predicted molar refractivity (Wildman–Crippen MR) is 62.3 cm³/mol. The molecule has 2 atom stereocenters. The van der Waals surface area contributed by atoms with E-state index in [1.807, 2.05) is 18.2 Å². The summed E-state index contributed by atoms with van der Waals surface area (Å²) in [6, 6.07) is 8.04. The van der Waals surface area contributed by atoms with Crippen LogP contribution in [0.5, 0.6) is 5.75 Å². The normalized spacial score (nSPS) is 14.7. The first-order valence-corrected chi connectivity index (χ1v) is 5.55. The fourth-order valence-corrected chi connectivity index (χ4v) is 1.45. The minimum atomic E-state index is -0.421. The summed E-state index contributed by atoms with van der Waals surface area (Å²) in [6.07, 6.45) is 0.671. The van der Waals surface area contributed by atoms with Gasteiger partial charge < -0.3 is 9.84 Å². The maximum Gasteiger partial charge on any atom is 0.122 e. The summed E-state index contributed by atoms with van der Waals surface area (Å²) >= 11 is 0. The fourth-order valence-electron chi connectivity index (χ4n) is 1.45. The Hall–Kier alpha value is -1.02. The molecular formula is C13H20O2. The second-order valence-electron chi connectivity index (χ2n) is 4.01. The summed E-state index contributed by atoms with van der Waals surface area (Å²) < 4.78 is 5.57. The molecule has 0 radical (unpaired) electrons. The van der Waals surface area contributed by atoms with Crippen LogP contribution in [0.15, 0.2) is 24.3 Å². The van der Waals surface area contributed by atoms with Gasteiger partial charge in [-0.2, -0.15) is 0 Å². The third kappa shape index (κ3) is 3.56. The van der Waals surface area contributed by atoms with Crippen LogP contribution < -0.4 is 4.74 Å². The van der Waals surface area contributed by atoms with Crippen molar-refractivity contribution >= 4 is 0 Å². The quantitative estimate of drug-likeness (QED) is 0.806. The standard InChI is InChI=1S/C13H20O2/c1-4-10(2)12-7-5-6-8-13(12)15-9-11(3)14/h5-8,10-11,14H,4,9H2,1-3H3/t10-,11+/m0/s1. The van der Waals surface area contributed by atoms with Gasteiger partial charge in [-0.25, -0.2) is 0 Å². The number of aliphatic hydroxyl groups is 1. The zero-order valence-electron chi connectivity index (χ0n) is 9.73. The lowest BCUT2D eigenvalue weighted by molar-refractivity contribution is 0.122. The van der Waals surface area contributed by atoms with E-state index in [4.69, 9.17) is 4.74 Å². The van der Waals surface area contributed by atoms with Crippen LogP contribution >= 0.6 is 0 Å². The van der Waals surface area contributed by atoms with E-state index in [9.17, 15) is 5.11 Å². The van der Waals surface area contributed by atoms with Crippen molar-refractivity contribution in [3.63, 3.8) is 0 Å². The van der Waals surface area contributed by atoms with Crippen LogP contribution in [0.4, 0.5) is 0 Å². The molecule has 0 saturated carbocycles. The summed E-state index contributed by atoms with van der Waals surface area (Å²) in [5.74, 6) is 1.39. The molecule has 1 rings (SSSR count). The predicted octanol–water partition coefficient (Wildman–Crippen LogP) is 2.96. The first kappa shape index (κ1) is 12.1. The maximum atomic E-state index is 9.18. The Labute approximate surface area is 91.9 Å². The molecule has 0 heterocycles. The zero-order valence-corrected chi connectivity index (χ0v) is 9.73. The van der Waals surface area contributed by atoms with Crippen molar-refractivity contribution in [1.82, 2.24) is 0 Å². The fraction of sp³-hybridized carbons (Fsp3) is 0.538. The van der Waals surface area contributed by atoms with E-state index in [2.05, 4.69) is 19.9 Å². The second kappa shape index (κ2) is 5.76. The smallest absolute Gasteiger partial charge is 0.122 e. The Morgan fingerprint density at radius 1 is 1.27 bits per heavy atom. The van der Waals surface area contributed by atoms with Crippen LogP contribution in [0.2, 0.25) is 0 Å². The molecule has 0 amide bonds. The van der Waals surface area contributed by atoms with Crippen LogP contribution in [0.1, 0.15) is 38.7 Å². The van der Waals surface area contributed by atoms with E-state index < -0.39 is 6.10 Å². The highest BCUT2D eigenvalue weighted by Crippen LogP contribution is 2.28. The van der Waals surface area contributed by atoms with Gasteiger partial charge in [0.25, 0.3) is 0 Å². The average molecular weight is 208 g/mol. The molecule has 1 aromatic carbocycles. The lowest BCUT2D eigenvalue weighted by Crippen LogP contribution is -2.13. The first-order valence-electron chi connectivity index (χ1n) is 5.55. The SMILES string of the molecule is CC[C@H](C)c1ccccc1OC[C@@H](C)O. The minimum Gasteiger partial charge on any atom is -0.491 e. The monoisotopic (exact) mass is 208 g/mol. The van der Waals surface area contributed by atoms with E-state index in [0.717, 1.165) is 12.2 Å². The number of aliphatic hydroxyl groups excluding tert-OH is 1. The molecule has 0 aliphatic rings. The molecule has 2 heteroatoms. The van der Waals surface area contributed by atoms with Gasteiger partial charge in [0.05, 0.1) is 6.10 Å². The molecular weight excluding hydrogens is 188 g/mol. The maximum absolute atomic E-state index is 9.18. The van der Waals surface area contributed by atoms with Crippen molar-refractivity contribution in [1.29, 1.82) is 0 Å². The van der Waals surface area contributed by atoms with Gasteiger partial charge in [-0.3, -0.25) is 0 Å². The lowest BCUT2D eigenvalue weighted by atomic mass is 9.98. The molecule has 0 saturated heterocycles. The second-order valence-corrected chi connectivity index (χ2v) is 4.01. The summed E-state index contributed by atoms with van der Waals surface area (Å²) in [7, 11) is 0. The van der Waals surface area contributed by atoms with Crippen LogP contribution in [-0.2, 0) is 0 Å². The Morgan fingerprint density at radius 3 is 2.53 bits per heavy atom. The van der Waals surface area contributed by atoms with Crippen LogP contribution in [-0.4, -0.2) is 17.8 Å². The van der Waals surface area contributed by atoms with Crippen LogP contribution in [0.3, 0.4) is 0 Å². The van der Waals surface area contributed by atoms with Crippen LogP contribution in [0.25, 0.3) is 0 Å². The average Bonchev–Trinajstić information content (AvgIpc) is 2.25. The summed E-state index contributed by atoms with van der Waals surface area (Å²) in [5.41, 5.74) is 1.22. The highest BCUT2D eigenvalue weighted by Gasteiger charge is 2.09. The van der Waals surface area contributed by atoms with Crippen molar-refractivity contribution < 1.29 is 9.84 Å². The molecule has 0 aliphatic carbocycles. The largest absolute Gasteiger partial charge is 0.491 e. The van der Waals surface area contributed by atoms with Gasteiger partial charge in [0.1, 0.15) is 12.4 Å². The third-order valence-corrected chi connectivity index (χ3v) is 2.54. The number of ether oxygens (including phenoxy) is 1. The summed E-state index contributed by atoms with van der Waals surface area (Å²) in [5, 5.41) is 9.18. The number of benzene rings is 1. The summed E-state index contributed by atoms with van der Waals surface area (Å²) in [6.45, 7) is 6.43. The van der Waals surface area contributed by atoms with Crippen molar-refractivity contribution in [3.8, 4) is 5.75 Å². The lowest BCUT2D eigenvalue weighted by Gasteiger charge is -2.16. The van der Waals surface area contributed by atoms with E-state index >= 15 is 0 Å². The van der Waals surface area contributed by atoms with E-state index in [1.165, 1.54) is 5.56 Å². The van der Waals surface area contributed by atoms with Crippen molar-refractivity contribution in [2.24, 2.45) is 0 Å². The molecule has 0 unspecified atom stereocenters. The van der Waals surface area contributed by atoms with E-state index in [1.54, 1.807) is 6.92 Å². The molecule has 2 nitrogen and oxygen atoms in total. The molecule has 0 bridgehead atoms. The molecule has 84 valence electrons. The Morgan fingerprint density at radius 2 is 1.93 bits per heavy atom. The van der Waals surface area contributed by atoms with Crippen LogP contribution in [0, 0.1) is 0 Å². The molecule has 1 N–H and O–H groups in total. The van der Waals surface area contributed by atoms with Crippen molar-refractivity contribution in [2.75, 3.05) is 6.61 Å². The number of hydrogen-bond acceptors (Lipinski definition) is 2. The van der Waals surface area contributed by atoms with Gasteiger partial charge in [0, 0.05) is 0 Å². The molecule has 1 aromatic rings. The van der Waals surface area contributed by atoms with E-state index in [0.29, 0.717) is 12.5 Å². The number of hydrogen-bond donors (Lipinski definition) is 1. The first-order chi connectivity index (χ1) is 7.15. The third-order valence-electron chi connectivity index (χ3n) is 2.54. The summed E-state index contributed by atoms with van der Waals surface area (Å²) in [4.78, 5) is 0.